The summed E-state index contributed by atoms with van der Waals surface area (Å²) >= 11 is 0. The Kier molecular flexibility index (Phi) is 4.58. The van der Waals surface area contributed by atoms with Crippen LogP contribution < -0.4 is 10.2 Å². The van der Waals surface area contributed by atoms with E-state index in [1.54, 1.807) is 6.20 Å². The van der Waals surface area contributed by atoms with Crippen LogP contribution in [-0.4, -0.2) is 53.4 Å². The monoisotopic (exact) mass is 349 g/mol. The highest BCUT2D eigenvalue weighted by molar-refractivity contribution is 5.92. The molecule has 6 nitrogen and oxygen atoms in total. The minimum Gasteiger partial charge on any atom is -0.369 e. The number of amides is 1. The van der Waals surface area contributed by atoms with Gasteiger partial charge < -0.3 is 19.5 Å². The van der Waals surface area contributed by atoms with Crippen molar-refractivity contribution in [3.63, 3.8) is 0 Å². The fourth-order valence-electron chi connectivity index (χ4n) is 3.21. The highest BCUT2D eigenvalue weighted by Gasteiger charge is 2.14. The second-order valence-electron chi connectivity index (χ2n) is 6.73. The molecular weight excluding hydrogens is 326 g/mol. The van der Waals surface area contributed by atoms with Crippen LogP contribution in [0.2, 0.25) is 0 Å². The van der Waals surface area contributed by atoms with Gasteiger partial charge in [0.1, 0.15) is 11.3 Å². The largest absolute Gasteiger partial charge is 0.369 e. The quantitative estimate of drug-likeness (QED) is 0.783. The molecule has 1 N–H and O–H groups in total. The Morgan fingerprint density at radius 2 is 1.85 bits per heavy atom. The van der Waals surface area contributed by atoms with Crippen LogP contribution in [0.15, 0.2) is 54.9 Å². The Morgan fingerprint density at radius 1 is 1.08 bits per heavy atom. The van der Waals surface area contributed by atoms with Crippen LogP contribution in [0.25, 0.3) is 5.65 Å². The zero-order chi connectivity index (χ0) is 17.9. The van der Waals surface area contributed by atoms with Crippen molar-refractivity contribution in [3.8, 4) is 0 Å². The number of aromatic nitrogens is 2. The molecule has 1 fully saturated rings. The summed E-state index contributed by atoms with van der Waals surface area (Å²) in [6.07, 6.45) is 3.64. The number of fused-ring (bicyclic) bond motifs is 1. The third-order valence-electron chi connectivity index (χ3n) is 4.85. The smallest absolute Gasteiger partial charge is 0.271 e. The number of carbonyl (C=O) groups excluding carboxylic acids is 1. The Hall–Kier alpha value is -2.86. The molecule has 2 aromatic heterocycles. The van der Waals surface area contributed by atoms with Gasteiger partial charge in [0, 0.05) is 50.8 Å². The number of anilines is 1. The predicted octanol–water partition coefficient (Wildman–Crippen LogP) is 2.02. The van der Waals surface area contributed by atoms with E-state index < -0.39 is 0 Å². The van der Waals surface area contributed by atoms with E-state index >= 15 is 0 Å². The third kappa shape index (κ3) is 3.55. The van der Waals surface area contributed by atoms with Gasteiger partial charge in [0.25, 0.3) is 5.91 Å². The average molecular weight is 349 g/mol. The SMILES string of the molecule is CN1CCN(c2ccc(CNC(=O)c3cn4ccccc4n3)cc2)CC1. The summed E-state index contributed by atoms with van der Waals surface area (Å²) in [6.45, 7) is 4.80. The molecule has 4 rings (SSSR count). The zero-order valence-electron chi connectivity index (χ0n) is 14.9. The van der Waals surface area contributed by atoms with Crippen LogP contribution in [0.5, 0.6) is 0 Å². The first-order valence-electron chi connectivity index (χ1n) is 8.93. The van der Waals surface area contributed by atoms with Gasteiger partial charge in [-0.2, -0.15) is 0 Å². The summed E-state index contributed by atoms with van der Waals surface area (Å²) in [5.74, 6) is -0.156. The maximum Gasteiger partial charge on any atom is 0.271 e. The molecule has 0 aliphatic carbocycles. The summed E-state index contributed by atoms with van der Waals surface area (Å²) < 4.78 is 1.85. The predicted molar refractivity (Wildman–Crippen MR) is 103 cm³/mol. The lowest BCUT2D eigenvalue weighted by atomic mass is 10.1. The molecule has 0 unspecified atom stereocenters. The molecule has 1 aromatic carbocycles. The van der Waals surface area contributed by atoms with Crippen molar-refractivity contribution in [2.24, 2.45) is 0 Å². The number of pyridine rings is 1. The Bertz CT molecular complexity index is 861. The van der Waals surface area contributed by atoms with E-state index in [1.807, 2.05) is 28.8 Å². The van der Waals surface area contributed by atoms with Gasteiger partial charge >= 0.3 is 0 Å². The number of carbonyl (C=O) groups is 1. The number of nitrogens with one attached hydrogen (secondary N) is 1. The molecule has 1 saturated heterocycles. The molecule has 0 atom stereocenters. The van der Waals surface area contributed by atoms with Crippen molar-refractivity contribution in [2.45, 2.75) is 6.54 Å². The van der Waals surface area contributed by atoms with Gasteiger partial charge in [-0.15, -0.1) is 0 Å². The molecule has 1 aliphatic heterocycles. The van der Waals surface area contributed by atoms with E-state index in [0.717, 1.165) is 37.4 Å². The molecule has 6 heteroatoms. The standard InChI is InChI=1S/C20H23N5O/c1-23-10-12-24(13-11-23)17-7-5-16(6-8-17)14-21-20(26)18-15-25-9-3-2-4-19(25)22-18/h2-9,15H,10-14H2,1H3,(H,21,26). The first-order valence-corrected chi connectivity index (χ1v) is 8.93. The van der Waals surface area contributed by atoms with E-state index in [0.29, 0.717) is 12.2 Å². The van der Waals surface area contributed by atoms with Crippen molar-refractivity contribution in [3.05, 3.63) is 66.1 Å². The topological polar surface area (TPSA) is 52.9 Å². The summed E-state index contributed by atoms with van der Waals surface area (Å²) in [6, 6.07) is 14.1. The van der Waals surface area contributed by atoms with Gasteiger partial charge in [0.05, 0.1) is 0 Å². The maximum atomic E-state index is 12.3. The molecular formula is C20H23N5O. The fourth-order valence-corrected chi connectivity index (χ4v) is 3.21. The van der Waals surface area contributed by atoms with Gasteiger partial charge in [-0.1, -0.05) is 18.2 Å². The zero-order valence-corrected chi connectivity index (χ0v) is 14.9. The number of piperazine rings is 1. The fraction of sp³-hybridized carbons (Fsp3) is 0.300. The highest BCUT2D eigenvalue weighted by atomic mass is 16.1. The number of hydrogen-bond donors (Lipinski definition) is 1. The van der Waals surface area contributed by atoms with Crippen LogP contribution in [0.4, 0.5) is 5.69 Å². The Morgan fingerprint density at radius 3 is 2.58 bits per heavy atom. The van der Waals surface area contributed by atoms with Crippen molar-refractivity contribution in [1.29, 1.82) is 0 Å². The van der Waals surface area contributed by atoms with E-state index in [9.17, 15) is 4.79 Å². The second-order valence-corrected chi connectivity index (χ2v) is 6.73. The number of imidazole rings is 1. The van der Waals surface area contributed by atoms with Crippen molar-refractivity contribution < 1.29 is 4.79 Å². The summed E-state index contributed by atoms with van der Waals surface area (Å²) in [5.41, 5.74) is 3.54. The van der Waals surface area contributed by atoms with Gasteiger partial charge in [0.2, 0.25) is 0 Å². The Balaban J connectivity index is 1.36. The number of nitrogens with zero attached hydrogens (tertiary/aromatic N) is 4. The molecule has 1 amide bonds. The van der Waals surface area contributed by atoms with Crippen LogP contribution in [-0.2, 0) is 6.54 Å². The van der Waals surface area contributed by atoms with Crippen molar-refractivity contribution in [2.75, 3.05) is 38.1 Å². The van der Waals surface area contributed by atoms with Crippen LogP contribution in [0.1, 0.15) is 16.1 Å². The van der Waals surface area contributed by atoms with E-state index in [2.05, 4.69) is 51.4 Å². The maximum absolute atomic E-state index is 12.3. The number of rotatable bonds is 4. The number of likely N-dealkylation sites (N-methyl/N-ethyl adjacent to an activating group) is 1. The summed E-state index contributed by atoms with van der Waals surface area (Å²) in [4.78, 5) is 21.4. The van der Waals surface area contributed by atoms with E-state index in [-0.39, 0.29) is 5.91 Å². The van der Waals surface area contributed by atoms with Gasteiger partial charge in [-0.25, -0.2) is 4.98 Å². The van der Waals surface area contributed by atoms with E-state index in [4.69, 9.17) is 0 Å². The highest BCUT2D eigenvalue weighted by Crippen LogP contribution is 2.17. The normalized spacial score (nSPS) is 15.3. The summed E-state index contributed by atoms with van der Waals surface area (Å²) in [5, 5.41) is 2.95. The Labute approximate surface area is 153 Å². The lowest BCUT2D eigenvalue weighted by Crippen LogP contribution is -2.44. The van der Waals surface area contributed by atoms with Crippen molar-refractivity contribution >= 4 is 17.2 Å². The van der Waals surface area contributed by atoms with Gasteiger partial charge in [-0.3, -0.25) is 4.79 Å². The minimum atomic E-state index is -0.156. The minimum absolute atomic E-state index is 0.156. The van der Waals surface area contributed by atoms with Crippen LogP contribution in [0, 0.1) is 0 Å². The third-order valence-corrected chi connectivity index (χ3v) is 4.85. The molecule has 3 heterocycles. The number of hydrogen-bond acceptors (Lipinski definition) is 4. The van der Waals surface area contributed by atoms with E-state index in [1.165, 1.54) is 5.69 Å². The van der Waals surface area contributed by atoms with Crippen LogP contribution in [0.3, 0.4) is 0 Å². The molecule has 0 radical (unpaired) electrons. The molecule has 134 valence electrons. The molecule has 1 aliphatic rings. The second kappa shape index (κ2) is 7.17. The molecule has 0 bridgehead atoms. The average Bonchev–Trinajstić information content (AvgIpc) is 3.11. The molecule has 0 spiro atoms. The molecule has 3 aromatic rings. The summed E-state index contributed by atoms with van der Waals surface area (Å²) in [7, 11) is 2.16. The van der Waals surface area contributed by atoms with Gasteiger partial charge in [0.15, 0.2) is 0 Å². The molecule has 0 saturated carbocycles. The van der Waals surface area contributed by atoms with Crippen LogP contribution >= 0.6 is 0 Å². The van der Waals surface area contributed by atoms with Gasteiger partial charge in [-0.05, 0) is 36.9 Å². The number of benzene rings is 1. The lowest BCUT2D eigenvalue weighted by Gasteiger charge is -2.34. The molecule has 26 heavy (non-hydrogen) atoms. The first kappa shape index (κ1) is 16.6. The van der Waals surface area contributed by atoms with Crippen molar-refractivity contribution in [1.82, 2.24) is 19.6 Å². The lowest BCUT2D eigenvalue weighted by molar-refractivity contribution is 0.0946. The first-order chi connectivity index (χ1) is 12.7.